The van der Waals surface area contributed by atoms with Crippen molar-refractivity contribution >= 4 is 17.9 Å². The van der Waals surface area contributed by atoms with Crippen molar-refractivity contribution in [3.05, 3.63) is 97.2 Å². The maximum atomic E-state index is 12.9. The zero-order chi connectivity index (χ0) is 54.3. The highest BCUT2D eigenvalue weighted by Crippen LogP contribution is 2.16. The molecule has 0 fully saturated rings. The molecule has 0 radical (unpaired) electrons. The summed E-state index contributed by atoms with van der Waals surface area (Å²) in [6, 6.07) is 0. The minimum absolute atomic E-state index is 0.0977. The summed E-state index contributed by atoms with van der Waals surface area (Å²) in [5, 5.41) is 0. The third kappa shape index (κ3) is 61.1. The summed E-state index contributed by atoms with van der Waals surface area (Å²) in [4.78, 5) is 38.3. The summed E-state index contributed by atoms with van der Waals surface area (Å²) >= 11 is 0. The lowest BCUT2D eigenvalue weighted by molar-refractivity contribution is -0.167. The van der Waals surface area contributed by atoms with E-state index in [1.54, 1.807) is 0 Å². The fourth-order valence-corrected chi connectivity index (χ4v) is 8.84. The number of ether oxygens (including phenoxy) is 3. The summed E-state index contributed by atoms with van der Waals surface area (Å²) in [7, 11) is 0. The third-order valence-electron chi connectivity index (χ3n) is 13.6. The van der Waals surface area contributed by atoms with Gasteiger partial charge >= 0.3 is 17.9 Å². The topological polar surface area (TPSA) is 78.9 Å². The van der Waals surface area contributed by atoms with Crippen molar-refractivity contribution in [1.82, 2.24) is 0 Å². The van der Waals surface area contributed by atoms with Crippen LogP contribution in [0.25, 0.3) is 0 Å². The maximum absolute atomic E-state index is 12.9. The van der Waals surface area contributed by atoms with E-state index in [1.807, 2.05) is 0 Å². The maximum Gasteiger partial charge on any atom is 0.306 e. The summed E-state index contributed by atoms with van der Waals surface area (Å²) in [5.41, 5.74) is 0. The predicted molar refractivity (Wildman–Crippen MR) is 325 cm³/mol. The summed E-state index contributed by atoms with van der Waals surface area (Å²) in [6.07, 6.45) is 84.1. The van der Waals surface area contributed by atoms with Gasteiger partial charge in [-0.15, -0.1) is 0 Å². The number of unbranched alkanes of at least 4 members (excludes halogenated alkanes) is 30. The van der Waals surface area contributed by atoms with Gasteiger partial charge in [-0.3, -0.25) is 14.4 Å². The first-order chi connectivity index (χ1) is 37.0. The number of carbonyl (C=O) groups excluding carboxylic acids is 3. The van der Waals surface area contributed by atoms with E-state index in [2.05, 4.69) is 118 Å². The molecule has 0 saturated heterocycles. The van der Waals surface area contributed by atoms with Gasteiger partial charge in [-0.25, -0.2) is 0 Å². The second-order valence-corrected chi connectivity index (χ2v) is 20.9. The minimum atomic E-state index is -0.805. The predicted octanol–water partition coefficient (Wildman–Crippen LogP) is 21.7. The average molecular weight is 1040 g/mol. The molecule has 0 heterocycles. The molecule has 0 aliphatic heterocycles. The Labute approximate surface area is 464 Å². The van der Waals surface area contributed by atoms with E-state index in [0.29, 0.717) is 19.3 Å². The number of allylic oxidation sites excluding steroid dienone is 16. The largest absolute Gasteiger partial charge is 0.462 e. The average Bonchev–Trinajstić information content (AvgIpc) is 3.41. The molecular weight excluding hydrogens is 925 g/mol. The summed E-state index contributed by atoms with van der Waals surface area (Å²) in [5.74, 6) is -0.955. The van der Waals surface area contributed by atoms with Gasteiger partial charge in [0.15, 0.2) is 6.10 Å². The van der Waals surface area contributed by atoms with Gasteiger partial charge in [0, 0.05) is 19.3 Å². The molecule has 0 aromatic heterocycles. The summed E-state index contributed by atoms with van der Waals surface area (Å²) < 4.78 is 16.9. The van der Waals surface area contributed by atoms with Crippen LogP contribution in [0.15, 0.2) is 97.2 Å². The number of carbonyl (C=O) groups is 3. The SMILES string of the molecule is CC/C=C\C/C=C\C/C=C\C/C=C\C/C=C\C/C=C\C/C=C\CCCC(=O)OCC(COC(=O)CCCCCCC/C=C\CCCCCCCCC)OC(=O)CCCCCCCCCCCCCCCCCCCC. The molecule has 75 heavy (non-hydrogen) atoms. The van der Waals surface area contributed by atoms with Crippen LogP contribution in [-0.4, -0.2) is 37.2 Å². The van der Waals surface area contributed by atoms with E-state index < -0.39 is 6.10 Å². The molecule has 0 aliphatic rings. The van der Waals surface area contributed by atoms with Crippen LogP contribution in [0.4, 0.5) is 0 Å². The van der Waals surface area contributed by atoms with Crippen LogP contribution in [0.1, 0.15) is 303 Å². The number of rotatable bonds is 57. The lowest BCUT2D eigenvalue weighted by Gasteiger charge is -2.18. The van der Waals surface area contributed by atoms with Gasteiger partial charge in [0.05, 0.1) is 0 Å². The van der Waals surface area contributed by atoms with E-state index in [-0.39, 0.29) is 37.5 Å². The van der Waals surface area contributed by atoms with Crippen molar-refractivity contribution in [2.24, 2.45) is 0 Å². The Bertz CT molecular complexity index is 1480. The van der Waals surface area contributed by atoms with Crippen LogP contribution >= 0.6 is 0 Å². The Hall–Kier alpha value is -3.67. The van der Waals surface area contributed by atoms with Crippen molar-refractivity contribution in [1.29, 1.82) is 0 Å². The molecule has 0 bridgehead atoms. The van der Waals surface area contributed by atoms with Gasteiger partial charge in [0.1, 0.15) is 13.2 Å². The van der Waals surface area contributed by atoms with Gasteiger partial charge < -0.3 is 14.2 Å². The highest BCUT2D eigenvalue weighted by Gasteiger charge is 2.19. The second-order valence-electron chi connectivity index (χ2n) is 20.9. The van der Waals surface area contributed by atoms with Crippen molar-refractivity contribution in [2.75, 3.05) is 13.2 Å². The molecule has 6 heteroatoms. The number of hydrogen-bond acceptors (Lipinski definition) is 6. The minimum Gasteiger partial charge on any atom is -0.462 e. The lowest BCUT2D eigenvalue weighted by Crippen LogP contribution is -2.30. The lowest BCUT2D eigenvalue weighted by atomic mass is 10.0. The monoisotopic (exact) mass is 1040 g/mol. The molecule has 0 N–H and O–H groups in total. The van der Waals surface area contributed by atoms with E-state index in [0.717, 1.165) is 96.3 Å². The first kappa shape index (κ1) is 71.3. The van der Waals surface area contributed by atoms with Crippen LogP contribution in [0.5, 0.6) is 0 Å². The van der Waals surface area contributed by atoms with Crippen LogP contribution in [0, 0.1) is 0 Å². The van der Waals surface area contributed by atoms with E-state index in [4.69, 9.17) is 14.2 Å². The molecule has 0 spiro atoms. The molecule has 1 unspecified atom stereocenters. The number of esters is 3. The number of hydrogen-bond donors (Lipinski definition) is 0. The Morgan fingerprint density at radius 2 is 0.533 bits per heavy atom. The molecule has 0 rings (SSSR count). The van der Waals surface area contributed by atoms with Gasteiger partial charge in [0.25, 0.3) is 0 Å². The standard InChI is InChI=1S/C69H118O6/c1-4-7-10-13-16-19-22-25-28-31-33-34-35-36-37-39-41-44-47-50-53-56-59-62-68(71)74-65-66(64-73-67(70)61-58-55-52-49-46-43-40-30-27-24-21-18-15-12-9-6-3)75-69(72)63-60-57-54-51-48-45-42-38-32-29-26-23-20-17-14-11-8-5-2/h7,10,16,19,25,28,30,33-34,36-37,40-41,44,50,53,66H,4-6,8-9,11-15,17-18,20-24,26-27,29,31-32,35,38-39,42-43,45-49,51-52,54-65H2,1-3H3/b10-7-,19-16-,28-25-,34-33-,37-36-,40-30-,44-41-,53-50-. The van der Waals surface area contributed by atoms with Crippen LogP contribution in [0.3, 0.4) is 0 Å². The van der Waals surface area contributed by atoms with Crippen molar-refractivity contribution in [3.63, 3.8) is 0 Å². The smallest absolute Gasteiger partial charge is 0.306 e. The van der Waals surface area contributed by atoms with Crippen LogP contribution in [-0.2, 0) is 28.6 Å². The third-order valence-corrected chi connectivity index (χ3v) is 13.6. The molecule has 430 valence electrons. The Balaban J connectivity index is 4.47. The van der Waals surface area contributed by atoms with Crippen LogP contribution < -0.4 is 0 Å². The molecule has 0 aromatic carbocycles. The first-order valence-corrected chi connectivity index (χ1v) is 31.7. The molecule has 6 nitrogen and oxygen atoms in total. The van der Waals surface area contributed by atoms with E-state index in [1.165, 1.54) is 161 Å². The first-order valence-electron chi connectivity index (χ1n) is 31.7. The molecule has 0 saturated carbocycles. The second kappa shape index (κ2) is 62.9. The van der Waals surface area contributed by atoms with Crippen molar-refractivity contribution in [3.8, 4) is 0 Å². The van der Waals surface area contributed by atoms with Crippen molar-refractivity contribution in [2.45, 2.75) is 309 Å². The Morgan fingerprint density at radius 3 is 0.880 bits per heavy atom. The fourth-order valence-electron chi connectivity index (χ4n) is 8.84. The fraction of sp³-hybridized carbons (Fsp3) is 0.725. The van der Waals surface area contributed by atoms with Gasteiger partial charge in [-0.1, -0.05) is 285 Å². The normalized spacial score (nSPS) is 12.7. The van der Waals surface area contributed by atoms with E-state index in [9.17, 15) is 14.4 Å². The highest BCUT2D eigenvalue weighted by molar-refractivity contribution is 5.71. The zero-order valence-corrected chi connectivity index (χ0v) is 49.3. The van der Waals surface area contributed by atoms with E-state index >= 15 is 0 Å². The Kier molecular flexibility index (Phi) is 59.8. The molecule has 0 aromatic rings. The molecule has 1 atom stereocenters. The molecular formula is C69H118O6. The Morgan fingerprint density at radius 1 is 0.280 bits per heavy atom. The summed E-state index contributed by atoms with van der Waals surface area (Å²) in [6.45, 7) is 6.50. The van der Waals surface area contributed by atoms with Gasteiger partial charge in [-0.2, -0.15) is 0 Å². The quantitative estimate of drug-likeness (QED) is 0.0261. The van der Waals surface area contributed by atoms with Crippen molar-refractivity contribution < 1.29 is 28.6 Å². The van der Waals surface area contributed by atoms with Gasteiger partial charge in [0.2, 0.25) is 0 Å². The highest BCUT2D eigenvalue weighted by atomic mass is 16.6. The zero-order valence-electron chi connectivity index (χ0n) is 49.3. The molecule has 0 amide bonds. The van der Waals surface area contributed by atoms with Gasteiger partial charge in [-0.05, 0) is 96.3 Å². The molecule has 0 aliphatic carbocycles. The van der Waals surface area contributed by atoms with Crippen LogP contribution in [0.2, 0.25) is 0 Å².